The second-order valence-electron chi connectivity index (χ2n) is 5.28. The molecule has 1 rings (SSSR count). The molecular formula is C16H22ClF3N2O3. The van der Waals surface area contributed by atoms with Crippen LogP contribution in [0.5, 0.6) is 0 Å². The van der Waals surface area contributed by atoms with Crippen molar-refractivity contribution in [3.8, 4) is 0 Å². The predicted molar refractivity (Wildman–Crippen MR) is 91.3 cm³/mol. The zero-order chi connectivity index (χ0) is 18.3. The minimum atomic E-state index is -5.03. The number of methoxy groups -OCH3 is 1. The first-order valence-corrected chi connectivity index (χ1v) is 7.44. The summed E-state index contributed by atoms with van der Waals surface area (Å²) < 4.78 is 43.4. The Morgan fingerprint density at radius 2 is 1.88 bits per heavy atom. The number of amides is 1. The van der Waals surface area contributed by atoms with E-state index in [4.69, 9.17) is 0 Å². The molecule has 0 aliphatic rings. The molecule has 0 aliphatic carbocycles. The molecular weight excluding hydrogens is 361 g/mol. The van der Waals surface area contributed by atoms with Crippen molar-refractivity contribution >= 4 is 30.0 Å². The van der Waals surface area contributed by atoms with E-state index >= 15 is 0 Å². The Balaban J connectivity index is 0.00000576. The molecule has 0 saturated carbocycles. The number of nitrogens with one attached hydrogen (secondary N) is 1. The maximum atomic E-state index is 12.9. The molecule has 0 radical (unpaired) electrons. The SMILES string of the molecule is CNCCCCN(C(=O)C(F)(F)F)c1ccc(C)cc1C(=O)OC.Cl. The van der Waals surface area contributed by atoms with Crippen LogP contribution in [0.2, 0.25) is 0 Å². The first-order chi connectivity index (χ1) is 11.2. The maximum Gasteiger partial charge on any atom is 0.471 e. The van der Waals surface area contributed by atoms with Gasteiger partial charge in [0.15, 0.2) is 0 Å². The predicted octanol–water partition coefficient (Wildman–Crippen LogP) is 3.10. The number of ether oxygens (including phenoxy) is 1. The van der Waals surface area contributed by atoms with Crippen molar-refractivity contribution in [3.05, 3.63) is 29.3 Å². The summed E-state index contributed by atoms with van der Waals surface area (Å²) >= 11 is 0. The van der Waals surface area contributed by atoms with Gasteiger partial charge in [0, 0.05) is 6.54 Å². The minimum absolute atomic E-state index is 0. The number of unbranched alkanes of at least 4 members (excludes halogenated alkanes) is 1. The van der Waals surface area contributed by atoms with Gasteiger partial charge < -0.3 is 15.0 Å². The lowest BCUT2D eigenvalue weighted by molar-refractivity contribution is -0.170. The Morgan fingerprint density at radius 1 is 1.24 bits per heavy atom. The molecule has 0 bridgehead atoms. The van der Waals surface area contributed by atoms with Crippen molar-refractivity contribution in [3.63, 3.8) is 0 Å². The van der Waals surface area contributed by atoms with Crippen LogP contribution in [0.15, 0.2) is 18.2 Å². The van der Waals surface area contributed by atoms with E-state index in [9.17, 15) is 22.8 Å². The number of esters is 1. The quantitative estimate of drug-likeness (QED) is 0.581. The summed E-state index contributed by atoms with van der Waals surface area (Å²) in [6, 6.07) is 4.29. The van der Waals surface area contributed by atoms with Crippen molar-refractivity contribution < 1.29 is 27.5 Å². The molecule has 25 heavy (non-hydrogen) atoms. The van der Waals surface area contributed by atoms with Crippen molar-refractivity contribution in [1.82, 2.24) is 5.32 Å². The molecule has 1 aromatic carbocycles. The molecule has 0 fully saturated rings. The zero-order valence-corrected chi connectivity index (χ0v) is 15.1. The Hall–Kier alpha value is -1.80. The molecule has 0 unspecified atom stereocenters. The third-order valence-corrected chi connectivity index (χ3v) is 3.39. The summed E-state index contributed by atoms with van der Waals surface area (Å²) in [5, 5.41) is 2.89. The van der Waals surface area contributed by atoms with Crippen LogP contribution in [0.1, 0.15) is 28.8 Å². The average Bonchev–Trinajstić information content (AvgIpc) is 2.53. The van der Waals surface area contributed by atoms with E-state index in [1.54, 1.807) is 20.0 Å². The third kappa shape index (κ3) is 6.55. The van der Waals surface area contributed by atoms with Crippen LogP contribution in [0.25, 0.3) is 0 Å². The van der Waals surface area contributed by atoms with Crippen LogP contribution in [-0.2, 0) is 9.53 Å². The van der Waals surface area contributed by atoms with Gasteiger partial charge >= 0.3 is 18.1 Å². The van der Waals surface area contributed by atoms with Crippen LogP contribution in [0.3, 0.4) is 0 Å². The number of benzene rings is 1. The van der Waals surface area contributed by atoms with Gasteiger partial charge in [-0.05, 0) is 45.5 Å². The summed E-state index contributed by atoms with van der Waals surface area (Å²) in [5.74, 6) is -2.79. The number of anilines is 1. The highest BCUT2D eigenvalue weighted by atomic mass is 35.5. The van der Waals surface area contributed by atoms with Gasteiger partial charge in [-0.1, -0.05) is 11.6 Å². The first-order valence-electron chi connectivity index (χ1n) is 7.44. The number of halogens is 4. The van der Waals surface area contributed by atoms with E-state index in [-0.39, 0.29) is 30.2 Å². The van der Waals surface area contributed by atoms with Crippen molar-refractivity contribution in [2.75, 3.05) is 32.1 Å². The summed E-state index contributed by atoms with van der Waals surface area (Å²) in [6.07, 6.45) is -4.07. The number of carbonyl (C=O) groups is 2. The fourth-order valence-electron chi connectivity index (χ4n) is 2.21. The fourth-order valence-corrected chi connectivity index (χ4v) is 2.21. The molecule has 1 amide bonds. The molecule has 1 N–H and O–H groups in total. The molecule has 0 heterocycles. The highest BCUT2D eigenvalue weighted by Crippen LogP contribution is 2.28. The Kier molecular flexibility index (Phi) is 9.51. The van der Waals surface area contributed by atoms with E-state index < -0.39 is 18.1 Å². The second kappa shape index (κ2) is 10.2. The van der Waals surface area contributed by atoms with E-state index in [1.165, 1.54) is 12.1 Å². The van der Waals surface area contributed by atoms with Gasteiger partial charge in [0.1, 0.15) is 0 Å². The van der Waals surface area contributed by atoms with Crippen LogP contribution >= 0.6 is 12.4 Å². The smallest absolute Gasteiger partial charge is 0.465 e. The molecule has 5 nitrogen and oxygen atoms in total. The fraction of sp³-hybridized carbons (Fsp3) is 0.500. The number of aryl methyl sites for hydroxylation is 1. The Labute approximate surface area is 150 Å². The average molecular weight is 383 g/mol. The van der Waals surface area contributed by atoms with Gasteiger partial charge in [-0.25, -0.2) is 4.79 Å². The molecule has 1 aromatic rings. The highest BCUT2D eigenvalue weighted by molar-refractivity contribution is 6.04. The standard InChI is InChI=1S/C16H21F3N2O3.ClH/c1-11-6-7-13(12(10-11)14(22)24-3)21(9-5-4-8-20-2)15(23)16(17,18)19;/h6-7,10,20H,4-5,8-9H2,1-3H3;1H. The van der Waals surface area contributed by atoms with Gasteiger partial charge in [-0.3, -0.25) is 4.79 Å². The Morgan fingerprint density at radius 3 is 2.40 bits per heavy atom. The van der Waals surface area contributed by atoms with Gasteiger partial charge in [0.25, 0.3) is 0 Å². The zero-order valence-electron chi connectivity index (χ0n) is 14.3. The molecule has 9 heteroatoms. The minimum Gasteiger partial charge on any atom is -0.465 e. The summed E-state index contributed by atoms with van der Waals surface area (Å²) in [6.45, 7) is 2.16. The van der Waals surface area contributed by atoms with Crippen molar-refractivity contribution in [1.29, 1.82) is 0 Å². The molecule has 0 saturated heterocycles. The molecule has 0 aromatic heterocycles. The number of nitrogens with zero attached hydrogens (tertiary/aromatic N) is 1. The lowest BCUT2D eigenvalue weighted by atomic mass is 10.1. The van der Waals surface area contributed by atoms with E-state index in [1.807, 2.05) is 0 Å². The monoisotopic (exact) mass is 382 g/mol. The molecule has 142 valence electrons. The number of hydrogen-bond acceptors (Lipinski definition) is 4. The van der Waals surface area contributed by atoms with E-state index in [0.29, 0.717) is 29.8 Å². The topological polar surface area (TPSA) is 58.6 Å². The van der Waals surface area contributed by atoms with E-state index in [0.717, 1.165) is 7.11 Å². The highest BCUT2D eigenvalue weighted by Gasteiger charge is 2.43. The summed E-state index contributed by atoms with van der Waals surface area (Å²) in [7, 11) is 2.87. The summed E-state index contributed by atoms with van der Waals surface area (Å²) in [4.78, 5) is 24.3. The normalized spacial score (nSPS) is 10.8. The lowest BCUT2D eigenvalue weighted by Gasteiger charge is -2.26. The second-order valence-corrected chi connectivity index (χ2v) is 5.28. The van der Waals surface area contributed by atoms with Gasteiger partial charge in [0.05, 0.1) is 18.4 Å². The van der Waals surface area contributed by atoms with Crippen molar-refractivity contribution in [2.45, 2.75) is 25.9 Å². The summed E-state index contributed by atoms with van der Waals surface area (Å²) in [5.41, 5.74) is 0.511. The number of alkyl halides is 3. The van der Waals surface area contributed by atoms with Gasteiger partial charge in [-0.15, -0.1) is 12.4 Å². The number of rotatable bonds is 7. The molecule has 0 aliphatic heterocycles. The third-order valence-electron chi connectivity index (χ3n) is 3.39. The van der Waals surface area contributed by atoms with Gasteiger partial charge in [-0.2, -0.15) is 13.2 Å². The largest absolute Gasteiger partial charge is 0.471 e. The first kappa shape index (κ1) is 23.2. The van der Waals surface area contributed by atoms with Gasteiger partial charge in [0.2, 0.25) is 0 Å². The van der Waals surface area contributed by atoms with Crippen LogP contribution in [0, 0.1) is 6.92 Å². The van der Waals surface area contributed by atoms with Crippen LogP contribution in [0.4, 0.5) is 18.9 Å². The lowest BCUT2D eigenvalue weighted by Crippen LogP contribution is -2.42. The van der Waals surface area contributed by atoms with Crippen LogP contribution < -0.4 is 10.2 Å². The van der Waals surface area contributed by atoms with Crippen LogP contribution in [-0.4, -0.2) is 45.3 Å². The maximum absolute atomic E-state index is 12.9. The molecule has 0 spiro atoms. The van der Waals surface area contributed by atoms with E-state index in [2.05, 4.69) is 10.1 Å². The Bertz CT molecular complexity index is 594. The van der Waals surface area contributed by atoms with Crippen molar-refractivity contribution in [2.24, 2.45) is 0 Å². The molecule has 0 atom stereocenters. The number of carbonyl (C=O) groups excluding carboxylic acids is 2. The number of hydrogen-bond donors (Lipinski definition) is 1.